The molecule has 0 spiro atoms. The second-order valence-electron chi connectivity index (χ2n) is 3.85. The topological polar surface area (TPSA) is 39.9 Å². The minimum absolute atomic E-state index is 0.250. The lowest BCUT2D eigenvalue weighted by atomic mass is 10.2. The van der Waals surface area contributed by atoms with Crippen LogP contribution in [0.1, 0.15) is 6.42 Å². The van der Waals surface area contributed by atoms with Crippen LogP contribution < -0.4 is 4.90 Å². The molecule has 0 N–H and O–H groups in total. The van der Waals surface area contributed by atoms with Gasteiger partial charge in [-0.05, 0) is 24.3 Å². The fourth-order valence-electron chi connectivity index (χ4n) is 1.51. The number of benzene rings is 1. The molecule has 0 fully saturated rings. The van der Waals surface area contributed by atoms with Crippen LogP contribution in [0.25, 0.3) is 11.3 Å². The van der Waals surface area contributed by atoms with E-state index in [-0.39, 0.29) is 5.82 Å². The molecule has 18 heavy (non-hydrogen) atoms. The molecule has 0 radical (unpaired) electrons. The van der Waals surface area contributed by atoms with Gasteiger partial charge in [-0.3, -0.25) is 0 Å². The van der Waals surface area contributed by atoms with Gasteiger partial charge in [0.2, 0.25) is 0 Å². The average molecular weight is 261 g/mol. The third-order valence-corrected chi connectivity index (χ3v) is 3.47. The van der Waals surface area contributed by atoms with Gasteiger partial charge >= 0.3 is 0 Å². The fourth-order valence-corrected chi connectivity index (χ4v) is 2.33. The van der Waals surface area contributed by atoms with Crippen molar-refractivity contribution in [1.82, 2.24) is 4.98 Å². The van der Waals surface area contributed by atoms with E-state index in [0.29, 0.717) is 13.0 Å². The summed E-state index contributed by atoms with van der Waals surface area (Å²) < 4.78 is 12.8. The molecule has 0 amide bonds. The highest BCUT2D eigenvalue weighted by molar-refractivity contribution is 7.14. The Balaban J connectivity index is 2.15. The first-order valence-electron chi connectivity index (χ1n) is 5.50. The third kappa shape index (κ3) is 2.84. The maximum absolute atomic E-state index is 12.8. The molecule has 92 valence electrons. The molecule has 0 saturated carbocycles. The van der Waals surface area contributed by atoms with Gasteiger partial charge in [-0.2, -0.15) is 5.26 Å². The van der Waals surface area contributed by atoms with E-state index in [1.165, 1.54) is 23.5 Å². The molecule has 0 atom stereocenters. The summed E-state index contributed by atoms with van der Waals surface area (Å²) >= 11 is 1.52. The zero-order chi connectivity index (χ0) is 13.0. The molecular formula is C13H12FN3S. The molecule has 0 bridgehead atoms. The zero-order valence-electron chi connectivity index (χ0n) is 9.93. The Morgan fingerprint density at radius 1 is 1.39 bits per heavy atom. The molecule has 0 aliphatic heterocycles. The molecule has 1 aromatic heterocycles. The summed E-state index contributed by atoms with van der Waals surface area (Å²) in [5.41, 5.74) is 1.73. The highest BCUT2D eigenvalue weighted by Crippen LogP contribution is 2.26. The first kappa shape index (κ1) is 12.5. The molecular weight excluding hydrogens is 249 g/mol. The monoisotopic (exact) mass is 261 g/mol. The van der Waals surface area contributed by atoms with Crippen LogP contribution in [0.5, 0.6) is 0 Å². The number of anilines is 1. The summed E-state index contributed by atoms with van der Waals surface area (Å²) in [6.07, 6.45) is 0.474. The van der Waals surface area contributed by atoms with Gasteiger partial charge in [0, 0.05) is 24.5 Å². The smallest absolute Gasteiger partial charge is 0.185 e. The van der Waals surface area contributed by atoms with Gasteiger partial charge in [0.1, 0.15) is 5.82 Å². The van der Waals surface area contributed by atoms with E-state index in [4.69, 9.17) is 5.26 Å². The van der Waals surface area contributed by atoms with Gasteiger partial charge in [-0.25, -0.2) is 9.37 Å². The Morgan fingerprint density at radius 2 is 2.11 bits per heavy atom. The number of rotatable bonds is 4. The number of hydrogen-bond acceptors (Lipinski definition) is 4. The molecule has 1 heterocycles. The largest absolute Gasteiger partial charge is 0.350 e. The number of halogens is 1. The van der Waals surface area contributed by atoms with Gasteiger partial charge < -0.3 is 4.90 Å². The zero-order valence-corrected chi connectivity index (χ0v) is 10.7. The lowest BCUT2D eigenvalue weighted by Gasteiger charge is -2.12. The minimum Gasteiger partial charge on any atom is -0.350 e. The number of aromatic nitrogens is 1. The van der Waals surface area contributed by atoms with Gasteiger partial charge in [0.15, 0.2) is 5.13 Å². The summed E-state index contributed by atoms with van der Waals surface area (Å²) in [5, 5.41) is 11.3. The van der Waals surface area contributed by atoms with Crippen molar-refractivity contribution in [3.05, 3.63) is 35.5 Å². The highest BCUT2D eigenvalue weighted by atomic mass is 32.1. The van der Waals surface area contributed by atoms with Crippen molar-refractivity contribution >= 4 is 16.5 Å². The van der Waals surface area contributed by atoms with Crippen LogP contribution in [0.4, 0.5) is 9.52 Å². The van der Waals surface area contributed by atoms with Crippen LogP contribution >= 0.6 is 11.3 Å². The SMILES string of the molecule is CN(CCC#N)c1nc(-c2ccc(F)cc2)cs1. The second kappa shape index (κ2) is 5.61. The maximum atomic E-state index is 12.8. The average Bonchev–Trinajstić information content (AvgIpc) is 2.86. The van der Waals surface area contributed by atoms with Gasteiger partial charge in [-0.1, -0.05) is 0 Å². The van der Waals surface area contributed by atoms with Crippen LogP contribution in [0, 0.1) is 17.1 Å². The van der Waals surface area contributed by atoms with Crippen molar-refractivity contribution in [3.8, 4) is 17.3 Å². The van der Waals surface area contributed by atoms with E-state index in [1.54, 1.807) is 12.1 Å². The lowest BCUT2D eigenvalue weighted by Crippen LogP contribution is -2.17. The predicted molar refractivity (Wildman–Crippen MR) is 71.0 cm³/mol. The second-order valence-corrected chi connectivity index (χ2v) is 4.69. The first-order chi connectivity index (χ1) is 8.70. The van der Waals surface area contributed by atoms with E-state index in [0.717, 1.165) is 16.4 Å². The number of thiazole rings is 1. The molecule has 3 nitrogen and oxygen atoms in total. The van der Waals surface area contributed by atoms with Crippen molar-refractivity contribution in [2.75, 3.05) is 18.5 Å². The normalized spacial score (nSPS) is 10.1. The van der Waals surface area contributed by atoms with Crippen molar-refractivity contribution < 1.29 is 4.39 Å². The Bertz CT molecular complexity index is 556. The highest BCUT2D eigenvalue weighted by Gasteiger charge is 2.08. The van der Waals surface area contributed by atoms with E-state index < -0.39 is 0 Å². The van der Waals surface area contributed by atoms with Crippen molar-refractivity contribution in [1.29, 1.82) is 5.26 Å². The summed E-state index contributed by atoms with van der Waals surface area (Å²) in [6, 6.07) is 8.38. The van der Waals surface area contributed by atoms with Crippen molar-refractivity contribution in [2.24, 2.45) is 0 Å². The Hall–Kier alpha value is -1.93. The predicted octanol–water partition coefficient (Wildman–Crippen LogP) is 3.30. The number of hydrogen-bond donors (Lipinski definition) is 0. The van der Waals surface area contributed by atoms with Crippen LogP contribution in [0.3, 0.4) is 0 Å². The number of nitriles is 1. The van der Waals surface area contributed by atoms with Crippen LogP contribution in [0.2, 0.25) is 0 Å². The molecule has 0 aliphatic carbocycles. The Labute approximate surface area is 109 Å². The standard InChI is InChI=1S/C13H12FN3S/c1-17(8-2-7-15)13-16-12(9-18-13)10-3-5-11(14)6-4-10/h3-6,9H,2,8H2,1H3. The van der Waals surface area contributed by atoms with E-state index in [9.17, 15) is 4.39 Å². The van der Waals surface area contributed by atoms with Gasteiger partial charge in [0.05, 0.1) is 18.2 Å². The quantitative estimate of drug-likeness (QED) is 0.847. The summed E-state index contributed by atoms with van der Waals surface area (Å²) in [6.45, 7) is 0.660. The van der Waals surface area contributed by atoms with Crippen molar-refractivity contribution in [2.45, 2.75) is 6.42 Å². The van der Waals surface area contributed by atoms with E-state index in [1.807, 2.05) is 17.3 Å². The first-order valence-corrected chi connectivity index (χ1v) is 6.38. The Kier molecular flexibility index (Phi) is 3.90. The van der Waals surface area contributed by atoms with Gasteiger partial charge in [0.25, 0.3) is 0 Å². The molecule has 1 aromatic carbocycles. The van der Waals surface area contributed by atoms with Crippen LogP contribution in [-0.4, -0.2) is 18.6 Å². The van der Waals surface area contributed by atoms with Crippen molar-refractivity contribution in [3.63, 3.8) is 0 Å². The van der Waals surface area contributed by atoms with E-state index >= 15 is 0 Å². The maximum Gasteiger partial charge on any atom is 0.185 e. The summed E-state index contributed by atoms with van der Waals surface area (Å²) in [7, 11) is 1.91. The number of nitrogens with zero attached hydrogens (tertiary/aromatic N) is 3. The Morgan fingerprint density at radius 3 is 2.78 bits per heavy atom. The minimum atomic E-state index is -0.250. The van der Waals surface area contributed by atoms with Crippen LogP contribution in [-0.2, 0) is 0 Å². The molecule has 5 heteroatoms. The third-order valence-electron chi connectivity index (χ3n) is 2.52. The lowest BCUT2D eigenvalue weighted by molar-refractivity contribution is 0.628. The fraction of sp³-hybridized carbons (Fsp3) is 0.231. The van der Waals surface area contributed by atoms with E-state index in [2.05, 4.69) is 11.1 Å². The molecule has 2 rings (SSSR count). The molecule has 0 aliphatic rings. The molecule has 0 unspecified atom stereocenters. The summed E-state index contributed by atoms with van der Waals surface area (Å²) in [5.74, 6) is -0.250. The molecule has 2 aromatic rings. The van der Waals surface area contributed by atoms with Crippen LogP contribution in [0.15, 0.2) is 29.6 Å². The summed E-state index contributed by atoms with van der Waals surface area (Å²) in [4.78, 5) is 6.42. The molecule has 0 saturated heterocycles. The van der Waals surface area contributed by atoms with Gasteiger partial charge in [-0.15, -0.1) is 11.3 Å².